The largest absolute Gasteiger partial charge is 0.394 e. The molecule has 0 bridgehead atoms. The van der Waals surface area contributed by atoms with Crippen molar-refractivity contribution in [3.63, 3.8) is 0 Å². The van der Waals surface area contributed by atoms with E-state index in [-0.39, 0.29) is 23.2 Å². The average molecular weight is 507 g/mol. The highest BCUT2D eigenvalue weighted by molar-refractivity contribution is 5.59. The minimum absolute atomic E-state index is 0.0711. The molecule has 36 heavy (non-hydrogen) atoms. The van der Waals surface area contributed by atoms with Gasteiger partial charge in [-0.3, -0.25) is 0 Å². The second-order valence-electron chi connectivity index (χ2n) is 9.49. The molecule has 0 unspecified atom stereocenters. The summed E-state index contributed by atoms with van der Waals surface area (Å²) < 4.78 is 47.0. The molecule has 3 heterocycles. The number of hydrogen-bond acceptors (Lipinski definition) is 9. The van der Waals surface area contributed by atoms with Crippen LogP contribution < -0.4 is 0 Å². The number of aryl methyl sites for hydroxylation is 1. The molecular formula is C24H28F2N4O6. The zero-order valence-electron chi connectivity index (χ0n) is 19.8. The van der Waals surface area contributed by atoms with Crippen LogP contribution in [0.2, 0.25) is 0 Å². The molecule has 0 spiro atoms. The number of ether oxygens (including phenoxy) is 2. The lowest BCUT2D eigenvalue weighted by molar-refractivity contribution is -0.212. The number of benzene rings is 1. The Labute approximate surface area is 205 Å². The summed E-state index contributed by atoms with van der Waals surface area (Å²) in [6, 6.07) is 3.65. The first-order valence-electron chi connectivity index (χ1n) is 11.8. The van der Waals surface area contributed by atoms with Crippen molar-refractivity contribution in [2.24, 2.45) is 0 Å². The molecule has 194 valence electrons. The maximum Gasteiger partial charge on any atom is 0.168 e. The lowest BCUT2D eigenvalue weighted by Gasteiger charge is -2.43. The average Bonchev–Trinajstić information content (AvgIpc) is 3.52. The highest BCUT2D eigenvalue weighted by atomic mass is 19.2. The Morgan fingerprint density at radius 1 is 1.22 bits per heavy atom. The van der Waals surface area contributed by atoms with E-state index in [2.05, 4.69) is 15.5 Å². The van der Waals surface area contributed by atoms with Crippen molar-refractivity contribution >= 4 is 0 Å². The second-order valence-corrected chi connectivity index (χ2v) is 9.49. The minimum atomic E-state index is -1.24. The molecule has 2 aliphatic rings. The number of halogens is 2. The minimum Gasteiger partial charge on any atom is -0.394 e. The van der Waals surface area contributed by atoms with Crippen LogP contribution in [0.15, 0.2) is 28.9 Å². The van der Waals surface area contributed by atoms with Crippen LogP contribution in [-0.4, -0.2) is 73.6 Å². The van der Waals surface area contributed by atoms with Gasteiger partial charge in [-0.1, -0.05) is 16.4 Å². The van der Waals surface area contributed by atoms with E-state index in [1.165, 1.54) is 37.0 Å². The van der Waals surface area contributed by atoms with Crippen LogP contribution in [0.25, 0.3) is 11.3 Å². The lowest BCUT2D eigenvalue weighted by Crippen LogP contribution is -2.57. The van der Waals surface area contributed by atoms with E-state index in [1.807, 2.05) is 0 Å². The van der Waals surface area contributed by atoms with E-state index < -0.39 is 54.3 Å². The van der Waals surface area contributed by atoms with Crippen LogP contribution in [-0.2, 0) is 21.5 Å². The Kier molecular flexibility index (Phi) is 6.64. The van der Waals surface area contributed by atoms with Gasteiger partial charge in [0.15, 0.2) is 11.6 Å². The molecule has 1 saturated heterocycles. The molecule has 2 fully saturated rings. The summed E-state index contributed by atoms with van der Waals surface area (Å²) in [5.74, 6) is -1.57. The maximum atomic E-state index is 14.5. The highest BCUT2D eigenvalue weighted by Crippen LogP contribution is 2.41. The molecular weight excluding hydrogens is 478 g/mol. The summed E-state index contributed by atoms with van der Waals surface area (Å²) in [5.41, 5.74) is -0.359. The van der Waals surface area contributed by atoms with Crippen molar-refractivity contribution in [1.82, 2.24) is 20.2 Å². The predicted molar refractivity (Wildman–Crippen MR) is 120 cm³/mol. The van der Waals surface area contributed by atoms with Gasteiger partial charge in [-0.2, -0.15) is 0 Å². The fourth-order valence-electron chi connectivity index (χ4n) is 4.91. The molecule has 1 aliphatic carbocycles. The fourth-order valence-corrected chi connectivity index (χ4v) is 4.91. The summed E-state index contributed by atoms with van der Waals surface area (Å²) in [4.78, 5) is 0. The van der Waals surface area contributed by atoms with Gasteiger partial charge in [0.2, 0.25) is 0 Å². The molecule has 0 radical (unpaired) electrons. The van der Waals surface area contributed by atoms with Crippen molar-refractivity contribution in [3.05, 3.63) is 53.0 Å². The van der Waals surface area contributed by atoms with Gasteiger partial charge < -0.3 is 29.3 Å². The highest BCUT2D eigenvalue weighted by Gasteiger charge is 2.48. The van der Waals surface area contributed by atoms with Gasteiger partial charge >= 0.3 is 0 Å². The molecule has 3 N–H and O–H groups in total. The topological polar surface area (TPSA) is 136 Å². The SMILES string of the molecule is CO[C@@H]1[C@@H](n2cc(-c3ccc(C)c(F)c3F)nn2)[C@@H](O)[C@@H](CO)O[C@@H]1Cc1cc(C2(O)CCC2)no1. The Morgan fingerprint density at radius 2 is 2.00 bits per heavy atom. The van der Waals surface area contributed by atoms with Gasteiger partial charge in [0.25, 0.3) is 0 Å². The number of rotatable bonds is 7. The molecule has 12 heteroatoms. The van der Waals surface area contributed by atoms with Crippen LogP contribution in [0.5, 0.6) is 0 Å². The van der Waals surface area contributed by atoms with E-state index in [1.54, 1.807) is 6.07 Å². The fraction of sp³-hybridized carbons (Fsp3) is 0.542. The normalized spacial score (nSPS) is 27.7. The number of methoxy groups -OCH3 is 1. The molecule has 0 amide bonds. The smallest absolute Gasteiger partial charge is 0.168 e. The number of aliphatic hydroxyl groups is 3. The van der Waals surface area contributed by atoms with Gasteiger partial charge in [-0.25, -0.2) is 13.5 Å². The van der Waals surface area contributed by atoms with Gasteiger partial charge in [0.05, 0.1) is 18.9 Å². The maximum absolute atomic E-state index is 14.5. The summed E-state index contributed by atoms with van der Waals surface area (Å²) >= 11 is 0. The quantitative estimate of drug-likeness (QED) is 0.438. The molecule has 10 nitrogen and oxygen atoms in total. The first-order valence-corrected chi connectivity index (χ1v) is 11.8. The third-order valence-electron chi connectivity index (χ3n) is 7.22. The molecule has 1 aromatic carbocycles. The van der Waals surface area contributed by atoms with Crippen molar-refractivity contribution in [3.8, 4) is 11.3 Å². The van der Waals surface area contributed by atoms with Crippen LogP contribution in [0, 0.1) is 18.6 Å². The van der Waals surface area contributed by atoms with E-state index in [9.17, 15) is 24.1 Å². The van der Waals surface area contributed by atoms with Crippen LogP contribution in [0.1, 0.15) is 42.3 Å². The zero-order valence-corrected chi connectivity index (χ0v) is 19.8. The molecule has 2 aromatic heterocycles. The second kappa shape index (κ2) is 9.60. The van der Waals surface area contributed by atoms with Gasteiger partial charge in [0.1, 0.15) is 47.1 Å². The Morgan fingerprint density at radius 3 is 2.67 bits per heavy atom. The van der Waals surface area contributed by atoms with Gasteiger partial charge in [-0.05, 0) is 37.8 Å². The van der Waals surface area contributed by atoms with Gasteiger partial charge in [0, 0.05) is 25.2 Å². The Balaban J connectivity index is 1.43. The monoisotopic (exact) mass is 506 g/mol. The van der Waals surface area contributed by atoms with Crippen molar-refractivity contribution in [2.45, 2.75) is 68.7 Å². The van der Waals surface area contributed by atoms with Crippen LogP contribution >= 0.6 is 0 Å². The molecule has 5 rings (SSSR count). The lowest BCUT2D eigenvalue weighted by atomic mass is 9.78. The Bertz CT molecular complexity index is 1230. The van der Waals surface area contributed by atoms with Crippen molar-refractivity contribution < 1.29 is 38.1 Å². The van der Waals surface area contributed by atoms with E-state index in [4.69, 9.17) is 14.0 Å². The zero-order chi connectivity index (χ0) is 25.6. The summed E-state index contributed by atoms with van der Waals surface area (Å²) in [6.45, 7) is 0.977. The summed E-state index contributed by atoms with van der Waals surface area (Å²) in [7, 11) is 1.44. The summed E-state index contributed by atoms with van der Waals surface area (Å²) in [5, 5.41) is 43.4. The van der Waals surface area contributed by atoms with Crippen molar-refractivity contribution in [1.29, 1.82) is 0 Å². The number of nitrogens with zero attached hydrogens (tertiary/aromatic N) is 4. The standard InChI is InChI=1S/C24H28F2N4O6/c1-12-4-5-14(20(26)19(12)25)15-10-30(29-27-15)21-22(32)17(11-31)35-16(23(21)34-2)8-13-9-18(28-36-13)24(33)6-3-7-24/h4-5,9-10,16-17,21-23,31-33H,3,6-8,11H2,1-2H3/t16-,17-,21+,22+,23+/m1/s1. The van der Waals surface area contributed by atoms with Gasteiger partial charge in [-0.15, -0.1) is 5.10 Å². The molecule has 3 aromatic rings. The molecule has 1 saturated carbocycles. The number of hydrogen-bond donors (Lipinski definition) is 3. The molecule has 5 atom stereocenters. The number of aliphatic hydroxyl groups excluding tert-OH is 2. The molecule has 1 aliphatic heterocycles. The van der Waals surface area contributed by atoms with E-state index >= 15 is 0 Å². The summed E-state index contributed by atoms with van der Waals surface area (Å²) in [6.07, 6.45) is 0.00475. The van der Waals surface area contributed by atoms with Crippen LogP contribution in [0.3, 0.4) is 0 Å². The van der Waals surface area contributed by atoms with Crippen molar-refractivity contribution in [2.75, 3.05) is 13.7 Å². The Hall–Kier alpha value is -2.77. The first kappa shape index (κ1) is 24.9. The third kappa shape index (κ3) is 4.22. The van der Waals surface area contributed by atoms with E-state index in [0.29, 0.717) is 24.3 Å². The van der Waals surface area contributed by atoms with Crippen LogP contribution in [0.4, 0.5) is 8.78 Å². The first-order chi connectivity index (χ1) is 17.3. The van der Waals surface area contributed by atoms with E-state index in [0.717, 1.165) is 6.42 Å². The number of aromatic nitrogens is 4. The predicted octanol–water partition coefficient (Wildman–Crippen LogP) is 1.81. The third-order valence-corrected chi connectivity index (χ3v) is 7.22.